The van der Waals surface area contributed by atoms with Crippen LogP contribution in [0.25, 0.3) is 0 Å². The van der Waals surface area contributed by atoms with Crippen LogP contribution in [0.4, 0.5) is 0 Å². The molecule has 1 unspecified atom stereocenters. The maximum atomic E-state index is 10.5. The second-order valence-corrected chi connectivity index (χ2v) is 5.42. The molecule has 1 aliphatic rings. The lowest BCUT2D eigenvalue weighted by molar-refractivity contribution is -0.137. The number of rotatable bonds is 7. The lowest BCUT2D eigenvalue weighted by Crippen LogP contribution is -2.46. The van der Waals surface area contributed by atoms with E-state index in [0.717, 1.165) is 25.6 Å². The van der Waals surface area contributed by atoms with E-state index < -0.39 is 5.97 Å². The third-order valence-electron chi connectivity index (χ3n) is 3.30. The largest absolute Gasteiger partial charge is 0.481 e. The second kappa shape index (κ2) is 7.67. The second-order valence-electron chi connectivity index (χ2n) is 5.42. The maximum absolute atomic E-state index is 10.5. The minimum absolute atomic E-state index is 0.263. The number of carboxylic acid groups (broad SMARTS) is 1. The summed E-state index contributed by atoms with van der Waals surface area (Å²) in [5.41, 5.74) is 0. The van der Waals surface area contributed by atoms with Gasteiger partial charge >= 0.3 is 5.97 Å². The van der Waals surface area contributed by atoms with Gasteiger partial charge in [-0.2, -0.15) is 0 Å². The van der Waals surface area contributed by atoms with E-state index >= 15 is 0 Å². The van der Waals surface area contributed by atoms with Gasteiger partial charge in [0.05, 0.1) is 6.42 Å². The molecule has 17 heavy (non-hydrogen) atoms. The first-order valence-corrected chi connectivity index (χ1v) is 6.75. The Morgan fingerprint density at radius 2 is 2.29 bits per heavy atom. The highest BCUT2D eigenvalue weighted by atomic mass is 16.4. The molecule has 0 aliphatic carbocycles. The van der Waals surface area contributed by atoms with Gasteiger partial charge in [0, 0.05) is 19.1 Å². The predicted octanol–water partition coefficient (Wildman–Crippen LogP) is 1.56. The van der Waals surface area contributed by atoms with Gasteiger partial charge in [0.25, 0.3) is 0 Å². The summed E-state index contributed by atoms with van der Waals surface area (Å²) in [6.07, 6.45) is 3.88. The fraction of sp³-hybridized carbons (Fsp3) is 0.923. The van der Waals surface area contributed by atoms with E-state index in [4.69, 9.17) is 5.11 Å². The molecule has 0 amide bonds. The summed E-state index contributed by atoms with van der Waals surface area (Å²) in [7, 11) is 0. The van der Waals surface area contributed by atoms with Crippen molar-refractivity contribution >= 4 is 5.97 Å². The van der Waals surface area contributed by atoms with Crippen LogP contribution in [0, 0.1) is 5.92 Å². The molecule has 0 spiro atoms. The molecule has 0 aromatic carbocycles. The number of nitrogens with zero attached hydrogens (tertiary/aromatic N) is 1. The summed E-state index contributed by atoms with van der Waals surface area (Å²) < 4.78 is 0. The minimum atomic E-state index is -0.695. The van der Waals surface area contributed by atoms with Gasteiger partial charge in [0.15, 0.2) is 0 Å². The Morgan fingerprint density at radius 1 is 1.53 bits per heavy atom. The van der Waals surface area contributed by atoms with Gasteiger partial charge in [-0.25, -0.2) is 0 Å². The monoisotopic (exact) mass is 242 g/mol. The summed E-state index contributed by atoms with van der Waals surface area (Å²) in [6.45, 7) is 8.30. The molecule has 100 valence electrons. The Labute approximate surface area is 104 Å². The van der Waals surface area contributed by atoms with Gasteiger partial charge in [-0.15, -0.1) is 0 Å². The standard InChI is InChI=1S/C13H26N2O2/c1-11(2)5-7-14-12-4-3-8-15(10-12)9-6-13(16)17/h11-12,14H,3-10H2,1-2H3,(H,16,17). The molecule has 0 aromatic heterocycles. The van der Waals surface area contributed by atoms with Gasteiger partial charge in [0.1, 0.15) is 0 Å². The van der Waals surface area contributed by atoms with Gasteiger partial charge in [0.2, 0.25) is 0 Å². The molecule has 0 aromatic rings. The van der Waals surface area contributed by atoms with Gasteiger partial charge in [-0.05, 0) is 38.3 Å². The van der Waals surface area contributed by atoms with Crippen LogP contribution in [0.2, 0.25) is 0 Å². The number of nitrogens with one attached hydrogen (secondary N) is 1. The molecule has 0 saturated carbocycles. The van der Waals surface area contributed by atoms with Crippen molar-refractivity contribution in [2.45, 2.75) is 45.6 Å². The van der Waals surface area contributed by atoms with Crippen molar-refractivity contribution in [1.29, 1.82) is 0 Å². The molecule has 0 radical (unpaired) electrons. The molecule has 2 N–H and O–H groups in total. The summed E-state index contributed by atoms with van der Waals surface area (Å²) in [6, 6.07) is 0.552. The summed E-state index contributed by atoms with van der Waals surface area (Å²) in [4.78, 5) is 12.8. The molecular weight excluding hydrogens is 216 g/mol. The minimum Gasteiger partial charge on any atom is -0.481 e. The number of piperidine rings is 1. The number of hydrogen-bond acceptors (Lipinski definition) is 3. The van der Waals surface area contributed by atoms with Crippen molar-refractivity contribution in [3.63, 3.8) is 0 Å². The van der Waals surface area contributed by atoms with Crippen molar-refractivity contribution in [2.24, 2.45) is 5.92 Å². The highest BCUT2D eigenvalue weighted by Gasteiger charge is 2.19. The Balaban J connectivity index is 2.17. The fourth-order valence-corrected chi connectivity index (χ4v) is 2.26. The first-order chi connectivity index (χ1) is 8.08. The van der Waals surface area contributed by atoms with E-state index in [1.54, 1.807) is 0 Å². The van der Waals surface area contributed by atoms with E-state index in [1.165, 1.54) is 19.3 Å². The molecule has 1 aliphatic heterocycles. The van der Waals surface area contributed by atoms with Crippen LogP contribution in [0.3, 0.4) is 0 Å². The molecular formula is C13H26N2O2. The normalized spacial score (nSPS) is 21.9. The number of carboxylic acids is 1. The van der Waals surface area contributed by atoms with E-state index in [0.29, 0.717) is 12.6 Å². The van der Waals surface area contributed by atoms with Crippen LogP contribution in [0.1, 0.15) is 39.5 Å². The fourth-order valence-electron chi connectivity index (χ4n) is 2.26. The zero-order valence-electron chi connectivity index (χ0n) is 11.1. The molecule has 4 nitrogen and oxygen atoms in total. The molecule has 1 fully saturated rings. The number of hydrogen-bond donors (Lipinski definition) is 2. The number of likely N-dealkylation sites (tertiary alicyclic amines) is 1. The van der Waals surface area contributed by atoms with Crippen molar-refractivity contribution in [3.8, 4) is 0 Å². The Bertz CT molecular complexity index is 231. The van der Waals surface area contributed by atoms with Crippen molar-refractivity contribution in [2.75, 3.05) is 26.2 Å². The molecule has 1 saturated heterocycles. The van der Waals surface area contributed by atoms with Gasteiger partial charge in [-0.1, -0.05) is 13.8 Å². The van der Waals surface area contributed by atoms with Crippen molar-refractivity contribution in [3.05, 3.63) is 0 Å². The predicted molar refractivity (Wildman–Crippen MR) is 69.2 cm³/mol. The highest BCUT2D eigenvalue weighted by molar-refractivity contribution is 5.66. The van der Waals surface area contributed by atoms with Crippen LogP contribution in [0.15, 0.2) is 0 Å². The van der Waals surface area contributed by atoms with Crippen LogP contribution in [-0.2, 0) is 4.79 Å². The Hall–Kier alpha value is -0.610. The van der Waals surface area contributed by atoms with Crippen LogP contribution < -0.4 is 5.32 Å². The Kier molecular flexibility index (Phi) is 6.52. The molecule has 1 atom stereocenters. The molecule has 0 bridgehead atoms. The lowest BCUT2D eigenvalue weighted by Gasteiger charge is -2.33. The summed E-state index contributed by atoms with van der Waals surface area (Å²) in [5, 5.41) is 12.3. The quantitative estimate of drug-likeness (QED) is 0.711. The number of carbonyl (C=O) groups is 1. The Morgan fingerprint density at radius 3 is 2.94 bits per heavy atom. The van der Waals surface area contributed by atoms with E-state index in [9.17, 15) is 4.79 Å². The third-order valence-corrected chi connectivity index (χ3v) is 3.30. The van der Waals surface area contributed by atoms with E-state index in [1.807, 2.05) is 0 Å². The lowest BCUT2D eigenvalue weighted by atomic mass is 10.0. The highest BCUT2D eigenvalue weighted by Crippen LogP contribution is 2.10. The van der Waals surface area contributed by atoms with Crippen LogP contribution in [-0.4, -0.2) is 48.2 Å². The third kappa shape index (κ3) is 6.64. The average molecular weight is 242 g/mol. The summed E-state index contributed by atoms with van der Waals surface area (Å²) in [5.74, 6) is 0.0501. The maximum Gasteiger partial charge on any atom is 0.304 e. The molecule has 4 heteroatoms. The number of aliphatic carboxylic acids is 1. The first-order valence-electron chi connectivity index (χ1n) is 6.75. The molecule has 1 rings (SSSR count). The van der Waals surface area contributed by atoms with E-state index in [-0.39, 0.29) is 6.42 Å². The summed E-state index contributed by atoms with van der Waals surface area (Å²) >= 11 is 0. The topological polar surface area (TPSA) is 52.6 Å². The van der Waals surface area contributed by atoms with Crippen LogP contribution in [0.5, 0.6) is 0 Å². The van der Waals surface area contributed by atoms with Crippen molar-refractivity contribution < 1.29 is 9.90 Å². The first kappa shape index (κ1) is 14.5. The van der Waals surface area contributed by atoms with Gasteiger partial charge in [-0.3, -0.25) is 4.79 Å². The zero-order valence-corrected chi connectivity index (χ0v) is 11.1. The smallest absolute Gasteiger partial charge is 0.304 e. The molecule has 1 heterocycles. The van der Waals surface area contributed by atoms with Crippen molar-refractivity contribution in [1.82, 2.24) is 10.2 Å². The SMILES string of the molecule is CC(C)CCNC1CCCN(CCC(=O)O)C1. The average Bonchev–Trinajstić information content (AvgIpc) is 2.26. The van der Waals surface area contributed by atoms with Gasteiger partial charge < -0.3 is 15.3 Å². The van der Waals surface area contributed by atoms with E-state index in [2.05, 4.69) is 24.1 Å². The zero-order chi connectivity index (χ0) is 12.7. The van der Waals surface area contributed by atoms with Crippen LogP contribution >= 0.6 is 0 Å².